The van der Waals surface area contributed by atoms with E-state index in [0.717, 1.165) is 12.8 Å². The normalized spacial score (nSPS) is 12.6. The lowest BCUT2D eigenvalue weighted by molar-refractivity contribution is -0.118. The first-order valence-corrected chi connectivity index (χ1v) is 8.27. The number of hydrogen-bond acceptors (Lipinski definition) is 4. The van der Waals surface area contributed by atoms with Crippen LogP contribution in [0, 0.1) is 0 Å². The molecular formula is C19H20N2O4. The Kier molecular flexibility index (Phi) is 5.18. The molecule has 130 valence electrons. The van der Waals surface area contributed by atoms with Crippen LogP contribution in [-0.2, 0) is 4.79 Å². The van der Waals surface area contributed by atoms with E-state index in [-0.39, 0.29) is 18.4 Å². The Balaban J connectivity index is 1.74. The highest BCUT2D eigenvalue weighted by Gasteiger charge is 2.17. The average Bonchev–Trinajstić information content (AvgIpc) is 2.62. The zero-order valence-corrected chi connectivity index (χ0v) is 14.0. The van der Waals surface area contributed by atoms with Crippen molar-refractivity contribution in [1.82, 2.24) is 0 Å². The molecular weight excluding hydrogens is 320 g/mol. The van der Waals surface area contributed by atoms with Crippen molar-refractivity contribution in [1.29, 1.82) is 0 Å². The second-order valence-electron chi connectivity index (χ2n) is 5.70. The molecule has 1 aliphatic heterocycles. The van der Waals surface area contributed by atoms with Crippen LogP contribution in [0.3, 0.4) is 0 Å². The first-order valence-electron chi connectivity index (χ1n) is 8.27. The monoisotopic (exact) mass is 340 g/mol. The van der Waals surface area contributed by atoms with Gasteiger partial charge in [-0.25, -0.2) is 0 Å². The van der Waals surface area contributed by atoms with Gasteiger partial charge in [0.1, 0.15) is 11.5 Å². The molecule has 2 amide bonds. The minimum Gasteiger partial charge on any atom is -0.493 e. The van der Waals surface area contributed by atoms with Gasteiger partial charge in [-0.2, -0.15) is 0 Å². The number of benzene rings is 2. The van der Waals surface area contributed by atoms with Gasteiger partial charge in [0.2, 0.25) is 0 Å². The number of para-hydroxylation sites is 1. The molecule has 2 aromatic rings. The Morgan fingerprint density at radius 2 is 2.12 bits per heavy atom. The molecule has 0 spiro atoms. The second-order valence-corrected chi connectivity index (χ2v) is 5.70. The molecule has 0 aliphatic carbocycles. The minimum absolute atomic E-state index is 0.00117. The average molecular weight is 340 g/mol. The predicted molar refractivity (Wildman–Crippen MR) is 95.4 cm³/mol. The maximum atomic E-state index is 12.6. The number of hydrogen-bond donors (Lipinski definition) is 2. The van der Waals surface area contributed by atoms with Crippen molar-refractivity contribution in [2.75, 3.05) is 23.8 Å². The zero-order chi connectivity index (χ0) is 17.6. The first-order chi connectivity index (χ1) is 12.2. The minimum atomic E-state index is -0.268. The zero-order valence-electron chi connectivity index (χ0n) is 14.0. The summed E-state index contributed by atoms with van der Waals surface area (Å²) in [5.41, 5.74) is 1.58. The van der Waals surface area contributed by atoms with Gasteiger partial charge < -0.3 is 20.1 Å². The molecule has 0 fully saturated rings. The molecule has 0 saturated heterocycles. The molecule has 0 unspecified atom stereocenters. The Morgan fingerprint density at radius 3 is 2.96 bits per heavy atom. The Bertz CT molecular complexity index is 789. The van der Waals surface area contributed by atoms with E-state index in [4.69, 9.17) is 9.47 Å². The fraction of sp³-hybridized carbons (Fsp3) is 0.263. The van der Waals surface area contributed by atoms with Crippen LogP contribution in [0.4, 0.5) is 11.4 Å². The van der Waals surface area contributed by atoms with Crippen LogP contribution in [0.2, 0.25) is 0 Å². The number of rotatable bonds is 6. The van der Waals surface area contributed by atoms with Gasteiger partial charge in [0.15, 0.2) is 6.61 Å². The third-order valence-corrected chi connectivity index (χ3v) is 3.76. The molecule has 2 aromatic carbocycles. The topological polar surface area (TPSA) is 76.7 Å². The van der Waals surface area contributed by atoms with E-state index in [1.165, 1.54) is 0 Å². The standard InChI is InChI=1S/C19H20N2O4/c1-2-3-10-24-16-7-5-4-6-14(16)19(23)20-13-8-9-17-15(11-13)21-18(22)12-25-17/h4-9,11H,2-3,10,12H2,1H3,(H,20,23)(H,21,22). The van der Waals surface area contributed by atoms with Crippen molar-refractivity contribution in [3.63, 3.8) is 0 Å². The summed E-state index contributed by atoms with van der Waals surface area (Å²) < 4.78 is 11.0. The number of nitrogens with one attached hydrogen (secondary N) is 2. The van der Waals surface area contributed by atoms with E-state index in [9.17, 15) is 9.59 Å². The molecule has 1 aliphatic rings. The molecule has 25 heavy (non-hydrogen) atoms. The van der Waals surface area contributed by atoms with Crippen LogP contribution in [0.25, 0.3) is 0 Å². The van der Waals surface area contributed by atoms with Gasteiger partial charge in [-0.1, -0.05) is 25.5 Å². The number of fused-ring (bicyclic) bond motifs is 1. The van der Waals surface area contributed by atoms with Crippen LogP contribution in [0.5, 0.6) is 11.5 Å². The summed E-state index contributed by atoms with van der Waals surface area (Å²) in [5.74, 6) is 0.657. The number of anilines is 2. The molecule has 3 rings (SSSR count). The number of unbranched alkanes of at least 4 members (excludes halogenated alkanes) is 1. The van der Waals surface area contributed by atoms with E-state index in [1.807, 2.05) is 6.07 Å². The maximum Gasteiger partial charge on any atom is 0.262 e. The van der Waals surface area contributed by atoms with Gasteiger partial charge >= 0.3 is 0 Å². The van der Waals surface area contributed by atoms with Gasteiger partial charge in [0.05, 0.1) is 17.9 Å². The summed E-state index contributed by atoms with van der Waals surface area (Å²) in [5, 5.41) is 5.55. The van der Waals surface area contributed by atoms with E-state index in [1.54, 1.807) is 36.4 Å². The van der Waals surface area contributed by atoms with Crippen LogP contribution in [-0.4, -0.2) is 25.0 Å². The Labute approximate surface area is 146 Å². The molecule has 0 aromatic heterocycles. The van der Waals surface area contributed by atoms with Crippen molar-refractivity contribution in [2.45, 2.75) is 19.8 Å². The van der Waals surface area contributed by atoms with Crippen LogP contribution in [0.1, 0.15) is 30.1 Å². The fourth-order valence-electron chi connectivity index (χ4n) is 2.47. The number of carbonyl (C=O) groups is 2. The summed E-state index contributed by atoms with van der Waals surface area (Å²) in [6.07, 6.45) is 1.96. The first kappa shape index (κ1) is 16.8. The lowest BCUT2D eigenvalue weighted by Crippen LogP contribution is -2.25. The summed E-state index contributed by atoms with van der Waals surface area (Å²) >= 11 is 0. The van der Waals surface area contributed by atoms with Gasteiger partial charge in [-0.05, 0) is 36.8 Å². The van der Waals surface area contributed by atoms with Gasteiger partial charge in [-0.3, -0.25) is 9.59 Å². The van der Waals surface area contributed by atoms with E-state index < -0.39 is 0 Å². The summed E-state index contributed by atoms with van der Waals surface area (Å²) in [7, 11) is 0. The molecule has 0 bridgehead atoms. The second kappa shape index (κ2) is 7.70. The summed E-state index contributed by atoms with van der Waals surface area (Å²) in [6.45, 7) is 2.66. The van der Waals surface area contributed by atoms with Gasteiger partial charge in [0.25, 0.3) is 11.8 Å². The molecule has 6 nitrogen and oxygen atoms in total. The lowest BCUT2D eigenvalue weighted by Gasteiger charge is -2.18. The predicted octanol–water partition coefficient (Wildman–Crippen LogP) is 3.45. The SMILES string of the molecule is CCCCOc1ccccc1C(=O)Nc1ccc2c(c1)NC(=O)CO2. The molecule has 0 saturated carbocycles. The number of ether oxygens (including phenoxy) is 2. The van der Waals surface area contributed by atoms with Gasteiger partial charge in [-0.15, -0.1) is 0 Å². The summed E-state index contributed by atoms with van der Waals surface area (Å²) in [6, 6.07) is 12.3. The highest BCUT2D eigenvalue weighted by molar-refractivity contribution is 6.06. The van der Waals surface area contributed by atoms with Crippen LogP contribution >= 0.6 is 0 Å². The lowest BCUT2D eigenvalue weighted by atomic mass is 10.1. The fourth-order valence-corrected chi connectivity index (χ4v) is 2.47. The van der Waals surface area contributed by atoms with Crippen LogP contribution < -0.4 is 20.1 Å². The van der Waals surface area contributed by atoms with Crippen molar-refractivity contribution in [3.05, 3.63) is 48.0 Å². The van der Waals surface area contributed by atoms with Crippen LogP contribution in [0.15, 0.2) is 42.5 Å². The van der Waals surface area contributed by atoms with E-state index in [2.05, 4.69) is 17.6 Å². The molecule has 0 radical (unpaired) electrons. The maximum absolute atomic E-state index is 12.6. The van der Waals surface area contributed by atoms with Crippen molar-refractivity contribution >= 4 is 23.2 Å². The quantitative estimate of drug-likeness (QED) is 0.790. The van der Waals surface area contributed by atoms with Crippen molar-refractivity contribution in [3.8, 4) is 11.5 Å². The molecule has 0 atom stereocenters. The highest BCUT2D eigenvalue weighted by Crippen LogP contribution is 2.31. The van der Waals surface area contributed by atoms with Crippen molar-refractivity contribution in [2.24, 2.45) is 0 Å². The Morgan fingerprint density at radius 1 is 1.28 bits per heavy atom. The van der Waals surface area contributed by atoms with Gasteiger partial charge in [0, 0.05) is 5.69 Å². The number of amides is 2. The van der Waals surface area contributed by atoms with E-state index >= 15 is 0 Å². The van der Waals surface area contributed by atoms with E-state index in [0.29, 0.717) is 35.0 Å². The smallest absolute Gasteiger partial charge is 0.262 e. The van der Waals surface area contributed by atoms with Crippen molar-refractivity contribution < 1.29 is 19.1 Å². The third kappa shape index (κ3) is 4.09. The largest absolute Gasteiger partial charge is 0.493 e. The highest BCUT2D eigenvalue weighted by atomic mass is 16.5. The molecule has 1 heterocycles. The molecule has 2 N–H and O–H groups in total. The Hall–Kier alpha value is -3.02. The summed E-state index contributed by atoms with van der Waals surface area (Å²) in [4.78, 5) is 24.0. The third-order valence-electron chi connectivity index (χ3n) is 3.76. The molecule has 6 heteroatoms. The number of carbonyl (C=O) groups excluding carboxylic acids is 2.